The number of anilines is 1. The van der Waals surface area contributed by atoms with Crippen LogP contribution in [0.15, 0.2) is 34.9 Å². The number of rotatable bonds is 3. The number of fused-ring (bicyclic) bond motifs is 1. The number of halogens is 1. The number of ether oxygens (including phenoxy) is 1. The molecule has 2 unspecified atom stereocenters. The van der Waals surface area contributed by atoms with Crippen molar-refractivity contribution in [2.75, 3.05) is 11.9 Å². The zero-order chi connectivity index (χ0) is 14.9. The van der Waals surface area contributed by atoms with Crippen LogP contribution in [0, 0.1) is 0 Å². The Morgan fingerprint density at radius 3 is 3.14 bits per heavy atom. The third kappa shape index (κ3) is 3.22. The molecule has 1 aliphatic rings. The van der Waals surface area contributed by atoms with Gasteiger partial charge in [-0.15, -0.1) is 0 Å². The zero-order valence-electron chi connectivity index (χ0n) is 12.5. The van der Waals surface area contributed by atoms with Crippen LogP contribution in [0.25, 0.3) is 10.9 Å². The number of aromatic nitrogens is 1. The predicted molar refractivity (Wildman–Crippen MR) is 90.7 cm³/mol. The van der Waals surface area contributed by atoms with Crippen molar-refractivity contribution in [3.8, 4) is 0 Å². The number of hydrogen-bond acceptors (Lipinski definition) is 3. The summed E-state index contributed by atoms with van der Waals surface area (Å²) < 4.78 is 6.93. The van der Waals surface area contributed by atoms with Gasteiger partial charge < -0.3 is 10.1 Å². The van der Waals surface area contributed by atoms with Crippen LogP contribution in [0.1, 0.15) is 33.1 Å². The van der Waals surface area contributed by atoms with Crippen LogP contribution in [0.2, 0.25) is 0 Å². The first-order valence-electron chi connectivity index (χ1n) is 7.54. The highest BCUT2D eigenvalue weighted by molar-refractivity contribution is 9.10. The first-order valence-corrected chi connectivity index (χ1v) is 8.34. The summed E-state index contributed by atoms with van der Waals surface area (Å²) in [4.78, 5) is 4.56. The van der Waals surface area contributed by atoms with Crippen LogP contribution in [0.5, 0.6) is 0 Å². The van der Waals surface area contributed by atoms with E-state index < -0.39 is 0 Å². The van der Waals surface area contributed by atoms with Gasteiger partial charge in [0, 0.05) is 28.7 Å². The summed E-state index contributed by atoms with van der Waals surface area (Å²) in [7, 11) is 0. The molecule has 2 heterocycles. The second kappa shape index (κ2) is 5.93. The molecule has 1 fully saturated rings. The minimum Gasteiger partial charge on any atom is -0.380 e. The Balaban J connectivity index is 1.85. The minimum absolute atomic E-state index is 0.00302. The van der Waals surface area contributed by atoms with Gasteiger partial charge in [0.05, 0.1) is 16.8 Å². The number of hydrogen-bond donors (Lipinski definition) is 1. The van der Waals surface area contributed by atoms with Gasteiger partial charge in [-0.3, -0.25) is 4.98 Å². The van der Waals surface area contributed by atoms with E-state index in [9.17, 15) is 0 Å². The Morgan fingerprint density at radius 2 is 2.33 bits per heavy atom. The average molecular weight is 349 g/mol. The van der Waals surface area contributed by atoms with Crippen molar-refractivity contribution >= 4 is 32.5 Å². The Bertz CT molecular complexity index is 646. The molecule has 4 heteroatoms. The molecule has 1 aromatic heterocycles. The quantitative estimate of drug-likeness (QED) is 0.868. The van der Waals surface area contributed by atoms with E-state index in [4.69, 9.17) is 4.74 Å². The van der Waals surface area contributed by atoms with Crippen LogP contribution in [-0.4, -0.2) is 23.2 Å². The molecule has 0 amide bonds. The molecule has 0 aliphatic carbocycles. The van der Waals surface area contributed by atoms with Crippen molar-refractivity contribution in [3.63, 3.8) is 0 Å². The molecule has 1 saturated heterocycles. The van der Waals surface area contributed by atoms with Crippen molar-refractivity contribution < 1.29 is 4.74 Å². The first kappa shape index (κ1) is 14.8. The lowest BCUT2D eigenvalue weighted by molar-refractivity contribution is -0.0708. The predicted octanol–water partition coefficient (Wildman–Crippen LogP) is 4.76. The topological polar surface area (TPSA) is 34.2 Å². The van der Waals surface area contributed by atoms with Crippen LogP contribution >= 0.6 is 15.9 Å². The molecule has 1 N–H and O–H groups in total. The molecule has 0 saturated carbocycles. The molecule has 0 spiro atoms. The van der Waals surface area contributed by atoms with E-state index >= 15 is 0 Å². The first-order chi connectivity index (χ1) is 10.1. The standard InChI is InChI=1S/C17H21BrN2O/c1-3-17(2)10-14(7-8-21-17)20-15-6-4-5-12-9-13(18)11-19-16(12)15/h4-6,9,11,14,20H,3,7-8,10H2,1-2H3. The maximum Gasteiger partial charge on any atom is 0.0934 e. The van der Waals surface area contributed by atoms with E-state index in [-0.39, 0.29) is 5.60 Å². The van der Waals surface area contributed by atoms with Gasteiger partial charge in [0.15, 0.2) is 0 Å². The Kier molecular flexibility index (Phi) is 4.18. The van der Waals surface area contributed by atoms with Crippen LogP contribution in [0.4, 0.5) is 5.69 Å². The van der Waals surface area contributed by atoms with Gasteiger partial charge in [0.2, 0.25) is 0 Å². The number of pyridine rings is 1. The lowest BCUT2D eigenvalue weighted by Crippen LogP contribution is -2.41. The molecule has 2 aromatic rings. The Labute approximate surface area is 134 Å². The third-order valence-corrected chi connectivity index (χ3v) is 4.81. The molecule has 1 aliphatic heterocycles. The number of benzene rings is 1. The normalized spacial score (nSPS) is 26.0. The largest absolute Gasteiger partial charge is 0.380 e. The molecule has 1 aromatic carbocycles. The monoisotopic (exact) mass is 348 g/mol. The molecular weight excluding hydrogens is 328 g/mol. The highest BCUT2D eigenvalue weighted by Gasteiger charge is 2.31. The highest BCUT2D eigenvalue weighted by atomic mass is 79.9. The van der Waals surface area contributed by atoms with Gasteiger partial charge in [0.25, 0.3) is 0 Å². The summed E-state index contributed by atoms with van der Waals surface area (Å²) in [5.41, 5.74) is 2.15. The third-order valence-electron chi connectivity index (χ3n) is 4.38. The zero-order valence-corrected chi connectivity index (χ0v) is 14.1. The fraction of sp³-hybridized carbons (Fsp3) is 0.471. The molecule has 112 valence electrons. The Morgan fingerprint density at radius 1 is 1.48 bits per heavy atom. The molecule has 21 heavy (non-hydrogen) atoms. The maximum absolute atomic E-state index is 5.92. The van der Waals surface area contributed by atoms with Crippen molar-refractivity contribution in [2.45, 2.75) is 44.8 Å². The van der Waals surface area contributed by atoms with Gasteiger partial charge >= 0.3 is 0 Å². The molecule has 0 radical (unpaired) electrons. The van der Waals surface area contributed by atoms with Gasteiger partial charge in [-0.05, 0) is 54.2 Å². The van der Waals surface area contributed by atoms with Crippen LogP contribution < -0.4 is 5.32 Å². The SMILES string of the molecule is CCC1(C)CC(Nc2cccc3cc(Br)cnc23)CCO1. The smallest absolute Gasteiger partial charge is 0.0934 e. The Hall–Kier alpha value is -1.13. The van der Waals surface area contributed by atoms with E-state index in [0.717, 1.165) is 46.9 Å². The van der Waals surface area contributed by atoms with E-state index in [1.807, 2.05) is 6.20 Å². The average Bonchev–Trinajstić information content (AvgIpc) is 2.47. The number of nitrogens with zero attached hydrogens (tertiary/aromatic N) is 1. The second-order valence-electron chi connectivity index (χ2n) is 6.02. The summed E-state index contributed by atoms with van der Waals surface area (Å²) in [6.45, 7) is 5.23. The van der Waals surface area contributed by atoms with Crippen molar-refractivity contribution in [3.05, 3.63) is 34.9 Å². The fourth-order valence-corrected chi connectivity index (χ4v) is 3.32. The van der Waals surface area contributed by atoms with E-state index in [2.05, 4.69) is 64.3 Å². The molecular formula is C17H21BrN2O. The van der Waals surface area contributed by atoms with Crippen LogP contribution in [-0.2, 0) is 4.74 Å². The molecule has 3 nitrogen and oxygen atoms in total. The summed E-state index contributed by atoms with van der Waals surface area (Å²) in [6, 6.07) is 8.84. The summed E-state index contributed by atoms with van der Waals surface area (Å²) in [6.07, 6.45) is 4.98. The van der Waals surface area contributed by atoms with Gasteiger partial charge in [-0.25, -0.2) is 0 Å². The van der Waals surface area contributed by atoms with Gasteiger partial charge in [-0.2, -0.15) is 0 Å². The highest BCUT2D eigenvalue weighted by Crippen LogP contribution is 2.31. The van der Waals surface area contributed by atoms with E-state index in [0.29, 0.717) is 6.04 Å². The van der Waals surface area contributed by atoms with Gasteiger partial charge in [0.1, 0.15) is 0 Å². The lowest BCUT2D eigenvalue weighted by atomic mass is 9.89. The lowest BCUT2D eigenvalue weighted by Gasteiger charge is -2.38. The molecule has 0 bridgehead atoms. The maximum atomic E-state index is 5.92. The summed E-state index contributed by atoms with van der Waals surface area (Å²) >= 11 is 3.48. The van der Waals surface area contributed by atoms with E-state index in [1.165, 1.54) is 0 Å². The van der Waals surface area contributed by atoms with Crippen molar-refractivity contribution in [1.82, 2.24) is 4.98 Å². The van der Waals surface area contributed by atoms with Gasteiger partial charge in [-0.1, -0.05) is 19.1 Å². The summed E-state index contributed by atoms with van der Waals surface area (Å²) in [5.74, 6) is 0. The fourth-order valence-electron chi connectivity index (χ4n) is 2.97. The number of nitrogens with one attached hydrogen (secondary N) is 1. The van der Waals surface area contributed by atoms with E-state index in [1.54, 1.807) is 0 Å². The molecule has 3 rings (SSSR count). The summed E-state index contributed by atoms with van der Waals surface area (Å²) in [5, 5.41) is 4.83. The molecule has 2 atom stereocenters. The second-order valence-corrected chi connectivity index (χ2v) is 6.93. The minimum atomic E-state index is -0.00302. The number of para-hydroxylation sites is 1. The van der Waals surface area contributed by atoms with Crippen molar-refractivity contribution in [1.29, 1.82) is 0 Å². The van der Waals surface area contributed by atoms with Crippen molar-refractivity contribution in [2.24, 2.45) is 0 Å². The van der Waals surface area contributed by atoms with Crippen LogP contribution in [0.3, 0.4) is 0 Å².